The minimum absolute atomic E-state index is 0.441. The quantitative estimate of drug-likeness (QED) is 0.121. The summed E-state index contributed by atoms with van der Waals surface area (Å²) in [7, 11) is 0. The van der Waals surface area contributed by atoms with E-state index in [1.807, 2.05) is 0 Å². The first-order valence-electron chi connectivity index (χ1n) is 24.5. The Kier molecular flexibility index (Phi) is 11.6. The van der Waals surface area contributed by atoms with Crippen molar-refractivity contribution in [3.05, 3.63) is 285 Å². The Hall–Kier alpha value is -9.12. The highest BCUT2D eigenvalue weighted by Gasteiger charge is 2.22. The predicted molar refractivity (Wildman–Crippen MR) is 303 cm³/mol. The third kappa shape index (κ3) is 8.80. The Morgan fingerprint density at radius 1 is 0.268 bits per heavy atom. The normalized spacial score (nSPS) is 13.3. The van der Waals surface area contributed by atoms with Gasteiger partial charge in [-0.25, -0.2) is 0 Å². The maximum absolute atomic E-state index is 2.43. The van der Waals surface area contributed by atoms with Crippen LogP contribution in [0.4, 0.5) is 62.6 Å². The average Bonchev–Trinajstić information content (AvgIpc) is 3.43. The number of nitrogens with zero attached hydrogens (tertiary/aromatic N) is 4. The van der Waals surface area contributed by atoms with Gasteiger partial charge in [0.05, 0.1) is 0 Å². The summed E-state index contributed by atoms with van der Waals surface area (Å²) in [5.41, 5.74) is 13.3. The van der Waals surface area contributed by atoms with Crippen molar-refractivity contribution < 1.29 is 0 Å². The Morgan fingerprint density at radius 3 is 0.887 bits per heavy atom. The summed E-state index contributed by atoms with van der Waals surface area (Å²) >= 11 is 0. The fraction of sp³-hybridized carbons (Fsp3) is 0.0448. The molecule has 0 fully saturated rings. The van der Waals surface area contributed by atoms with E-state index in [4.69, 9.17) is 0 Å². The Balaban J connectivity index is 0.960. The molecule has 4 nitrogen and oxygen atoms in total. The molecular formula is C67H52N4. The molecular weight excluding hydrogens is 861 g/mol. The third-order valence-electron chi connectivity index (χ3n) is 13.6. The fourth-order valence-corrected chi connectivity index (χ4v) is 10.2. The SMILES string of the molecule is CC1C=CC=C(N(c2ccc(N(c3ccc(N(c4ccccc4)c4ccc5ccccc5c4)cc3)c3ccc(N(c4ccccc4)c4ccc5ccccc5c4)cc3)cc2)c2ccc3ccccc3c2)C1. The summed E-state index contributed by atoms with van der Waals surface area (Å²) < 4.78 is 0. The summed E-state index contributed by atoms with van der Waals surface area (Å²) in [5, 5.41) is 7.31. The molecule has 0 N–H and O–H groups in total. The van der Waals surface area contributed by atoms with E-state index in [0.29, 0.717) is 5.92 Å². The first kappa shape index (κ1) is 43.2. The monoisotopic (exact) mass is 912 g/mol. The van der Waals surface area contributed by atoms with E-state index in [1.165, 1.54) is 38.0 Å². The van der Waals surface area contributed by atoms with Crippen LogP contribution < -0.4 is 19.6 Å². The lowest BCUT2D eigenvalue weighted by Crippen LogP contribution is -2.19. The van der Waals surface area contributed by atoms with Crippen molar-refractivity contribution >= 4 is 94.9 Å². The van der Waals surface area contributed by atoms with Gasteiger partial charge in [0.1, 0.15) is 0 Å². The largest absolute Gasteiger partial charge is 0.314 e. The molecule has 0 bridgehead atoms. The molecule has 0 heterocycles. The fourth-order valence-electron chi connectivity index (χ4n) is 10.2. The van der Waals surface area contributed by atoms with Gasteiger partial charge in [0.2, 0.25) is 0 Å². The van der Waals surface area contributed by atoms with E-state index in [1.54, 1.807) is 0 Å². The van der Waals surface area contributed by atoms with E-state index in [0.717, 1.165) is 69.0 Å². The molecule has 0 spiro atoms. The van der Waals surface area contributed by atoms with E-state index >= 15 is 0 Å². The molecule has 1 aliphatic rings. The van der Waals surface area contributed by atoms with E-state index in [-0.39, 0.29) is 0 Å². The maximum atomic E-state index is 2.43. The van der Waals surface area contributed by atoms with Crippen LogP contribution in [0, 0.1) is 5.92 Å². The van der Waals surface area contributed by atoms with Gasteiger partial charge in [0.15, 0.2) is 0 Å². The number of anilines is 11. The van der Waals surface area contributed by atoms with Crippen LogP contribution in [-0.4, -0.2) is 0 Å². The van der Waals surface area contributed by atoms with Crippen molar-refractivity contribution in [2.24, 2.45) is 5.92 Å². The second kappa shape index (κ2) is 19.1. The van der Waals surface area contributed by atoms with E-state index in [2.05, 4.69) is 306 Å². The Bertz CT molecular complexity index is 3530. The zero-order chi connectivity index (χ0) is 47.5. The van der Waals surface area contributed by atoms with Gasteiger partial charge in [-0.1, -0.05) is 146 Å². The molecule has 340 valence electrons. The molecule has 1 aliphatic carbocycles. The van der Waals surface area contributed by atoms with E-state index < -0.39 is 0 Å². The molecule has 0 aliphatic heterocycles. The second-order valence-electron chi connectivity index (χ2n) is 18.4. The molecule has 0 amide bonds. The molecule has 1 unspecified atom stereocenters. The molecule has 4 heteroatoms. The van der Waals surface area contributed by atoms with E-state index in [9.17, 15) is 0 Å². The number of rotatable bonds is 12. The summed E-state index contributed by atoms with van der Waals surface area (Å²) in [6, 6.07) is 94.3. The molecule has 12 rings (SSSR count). The zero-order valence-corrected chi connectivity index (χ0v) is 39.6. The van der Waals surface area contributed by atoms with Gasteiger partial charge in [0.25, 0.3) is 0 Å². The summed E-state index contributed by atoms with van der Waals surface area (Å²) in [5.74, 6) is 0.441. The van der Waals surface area contributed by atoms with Crippen LogP contribution in [0.1, 0.15) is 13.3 Å². The van der Waals surface area contributed by atoms with Crippen LogP contribution in [0.5, 0.6) is 0 Å². The van der Waals surface area contributed by atoms with Crippen molar-refractivity contribution in [3.63, 3.8) is 0 Å². The van der Waals surface area contributed by atoms with Gasteiger partial charge in [-0.05, 0) is 184 Å². The van der Waals surface area contributed by atoms with Crippen molar-refractivity contribution in [1.29, 1.82) is 0 Å². The molecule has 0 saturated heterocycles. The lowest BCUT2D eigenvalue weighted by atomic mass is 9.98. The van der Waals surface area contributed by atoms with Crippen LogP contribution in [0.15, 0.2) is 285 Å². The van der Waals surface area contributed by atoms with Gasteiger partial charge in [-0.15, -0.1) is 0 Å². The van der Waals surface area contributed by atoms with Crippen LogP contribution in [-0.2, 0) is 0 Å². The first-order valence-corrected chi connectivity index (χ1v) is 24.5. The highest BCUT2D eigenvalue weighted by molar-refractivity contribution is 5.92. The molecule has 71 heavy (non-hydrogen) atoms. The predicted octanol–water partition coefficient (Wildman–Crippen LogP) is 19.2. The highest BCUT2D eigenvalue weighted by atomic mass is 15.2. The molecule has 0 radical (unpaired) electrons. The van der Waals surface area contributed by atoms with Crippen molar-refractivity contribution in [1.82, 2.24) is 0 Å². The second-order valence-corrected chi connectivity index (χ2v) is 18.4. The van der Waals surface area contributed by atoms with Crippen LogP contribution >= 0.6 is 0 Å². The van der Waals surface area contributed by atoms with Crippen LogP contribution in [0.2, 0.25) is 0 Å². The maximum Gasteiger partial charge on any atom is 0.0468 e. The lowest BCUT2D eigenvalue weighted by Gasteiger charge is -2.32. The number of fused-ring (bicyclic) bond motifs is 3. The van der Waals surface area contributed by atoms with Gasteiger partial charge in [-0.2, -0.15) is 0 Å². The van der Waals surface area contributed by atoms with Crippen molar-refractivity contribution in [2.75, 3.05) is 19.6 Å². The minimum atomic E-state index is 0.441. The summed E-state index contributed by atoms with van der Waals surface area (Å²) in [6.07, 6.45) is 7.72. The number of benzene rings is 11. The standard InChI is InChI=1S/C67H52N4/c1-49-15-14-26-64(45-49)71(67-32-29-52-18-10-13-21-55(52)48-67)63-43-37-60(38-44-63)68(58-33-39-61(40-34-58)69(56-22-4-2-5-23-56)65-30-27-50-16-8-11-19-53(50)46-65)59-35-41-62(42-36-59)70(57-24-6-3-7-25-57)66-31-28-51-17-9-12-20-54(51)47-66/h2-44,46-49H,45H2,1H3. The Morgan fingerprint density at radius 2 is 0.535 bits per heavy atom. The summed E-state index contributed by atoms with van der Waals surface area (Å²) in [4.78, 5) is 9.48. The number of hydrogen-bond acceptors (Lipinski definition) is 4. The van der Waals surface area contributed by atoms with Gasteiger partial charge in [0, 0.05) is 68.3 Å². The van der Waals surface area contributed by atoms with Gasteiger partial charge < -0.3 is 19.6 Å². The van der Waals surface area contributed by atoms with Gasteiger partial charge >= 0.3 is 0 Å². The molecule has 11 aromatic rings. The number of allylic oxidation sites excluding steroid dienone is 4. The number of para-hydroxylation sites is 2. The number of hydrogen-bond donors (Lipinski definition) is 0. The molecule has 11 aromatic carbocycles. The molecule has 0 saturated carbocycles. The van der Waals surface area contributed by atoms with Gasteiger partial charge in [-0.3, -0.25) is 0 Å². The summed E-state index contributed by atoms with van der Waals surface area (Å²) in [6.45, 7) is 2.29. The minimum Gasteiger partial charge on any atom is -0.314 e. The Labute approximate surface area is 416 Å². The topological polar surface area (TPSA) is 13.0 Å². The zero-order valence-electron chi connectivity index (χ0n) is 39.6. The lowest BCUT2D eigenvalue weighted by molar-refractivity contribution is 0.696. The molecule has 1 atom stereocenters. The molecule has 0 aromatic heterocycles. The van der Waals surface area contributed by atoms with Crippen molar-refractivity contribution in [2.45, 2.75) is 13.3 Å². The smallest absolute Gasteiger partial charge is 0.0468 e. The van der Waals surface area contributed by atoms with Crippen LogP contribution in [0.3, 0.4) is 0 Å². The average molecular weight is 913 g/mol. The third-order valence-corrected chi connectivity index (χ3v) is 13.6. The van der Waals surface area contributed by atoms with Crippen molar-refractivity contribution in [3.8, 4) is 0 Å². The van der Waals surface area contributed by atoms with Crippen LogP contribution in [0.25, 0.3) is 32.3 Å². The first-order chi connectivity index (χ1) is 35.1. The highest BCUT2D eigenvalue weighted by Crippen LogP contribution is 2.44.